The Morgan fingerprint density at radius 2 is 1.92 bits per heavy atom. The Morgan fingerprint density at radius 3 is 2.46 bits per heavy atom. The summed E-state index contributed by atoms with van der Waals surface area (Å²) in [7, 11) is -1.08. The summed E-state index contributed by atoms with van der Waals surface area (Å²) in [6.07, 6.45) is 0.585. The van der Waals surface area contributed by atoms with E-state index in [1.54, 1.807) is 0 Å². The van der Waals surface area contributed by atoms with Crippen molar-refractivity contribution in [3.05, 3.63) is 17.9 Å². The Hall–Kier alpha value is -1.91. The Labute approximate surface area is 139 Å². The number of aliphatic carboxylic acids is 1. The van der Waals surface area contributed by atoms with Gasteiger partial charge in [0.25, 0.3) is 15.9 Å². The molecule has 2 heterocycles. The second kappa shape index (κ2) is 6.91. The van der Waals surface area contributed by atoms with Gasteiger partial charge >= 0.3 is 5.97 Å². The van der Waals surface area contributed by atoms with Crippen LogP contribution in [0.4, 0.5) is 0 Å². The summed E-state index contributed by atoms with van der Waals surface area (Å²) in [6, 6.07) is 2.43. The number of sulfonamides is 1. The summed E-state index contributed by atoms with van der Waals surface area (Å²) < 4.78 is 35.1. The Bertz CT molecular complexity index is 717. The molecule has 0 bridgehead atoms. The van der Waals surface area contributed by atoms with Gasteiger partial charge in [0.2, 0.25) is 5.09 Å². The smallest absolute Gasteiger partial charge is 0.311 e. The van der Waals surface area contributed by atoms with Crippen LogP contribution in [0.1, 0.15) is 23.4 Å². The first-order valence-electron chi connectivity index (χ1n) is 7.31. The molecule has 0 spiro atoms. The number of hydrogen-bond donors (Lipinski definition) is 2. The Morgan fingerprint density at radius 1 is 1.29 bits per heavy atom. The van der Waals surface area contributed by atoms with Gasteiger partial charge in [0.1, 0.15) is 0 Å². The Kier molecular flexibility index (Phi) is 5.31. The molecular weight excluding hydrogens is 340 g/mol. The molecule has 1 fully saturated rings. The number of carbonyl (C=O) groups is 2. The van der Waals surface area contributed by atoms with Crippen molar-refractivity contribution in [2.45, 2.75) is 17.9 Å². The number of nitrogens with one attached hydrogen (secondary N) is 1. The van der Waals surface area contributed by atoms with E-state index in [9.17, 15) is 23.1 Å². The van der Waals surface area contributed by atoms with Gasteiger partial charge in [-0.3, -0.25) is 9.59 Å². The standard InChI is InChI=1S/C14H20N2O7S/c1-16(2)24(20,21)11-4-3-10(23-11)12(17)15-9-14(13(18)19)5-7-22-8-6-14/h3-4H,5-9H2,1-2H3,(H,15,17)(H,18,19). The third-order valence-electron chi connectivity index (χ3n) is 4.03. The number of rotatable bonds is 6. The lowest BCUT2D eigenvalue weighted by Crippen LogP contribution is -2.46. The molecule has 1 aliphatic rings. The minimum atomic E-state index is -3.77. The zero-order valence-corrected chi connectivity index (χ0v) is 14.3. The van der Waals surface area contributed by atoms with Crippen LogP contribution in [0.15, 0.2) is 21.6 Å². The van der Waals surface area contributed by atoms with Gasteiger partial charge in [0.05, 0.1) is 5.41 Å². The molecule has 1 saturated heterocycles. The van der Waals surface area contributed by atoms with Crippen LogP contribution in [0.25, 0.3) is 0 Å². The maximum atomic E-state index is 12.1. The van der Waals surface area contributed by atoms with Crippen LogP contribution >= 0.6 is 0 Å². The van der Waals surface area contributed by atoms with Crippen LogP contribution in [0.5, 0.6) is 0 Å². The van der Waals surface area contributed by atoms with Crippen molar-refractivity contribution in [3.8, 4) is 0 Å². The highest BCUT2D eigenvalue weighted by Crippen LogP contribution is 2.30. The summed E-state index contributed by atoms with van der Waals surface area (Å²) in [5.41, 5.74) is -1.08. The maximum Gasteiger partial charge on any atom is 0.311 e. The summed E-state index contributed by atoms with van der Waals surface area (Å²) in [5, 5.41) is 11.6. The SMILES string of the molecule is CN(C)S(=O)(=O)c1ccc(C(=O)NCC2(C(=O)O)CCOCC2)o1. The van der Waals surface area contributed by atoms with E-state index >= 15 is 0 Å². The van der Waals surface area contributed by atoms with Gasteiger partial charge < -0.3 is 19.6 Å². The van der Waals surface area contributed by atoms with Gasteiger partial charge in [0.15, 0.2) is 5.76 Å². The average Bonchev–Trinajstić information content (AvgIpc) is 3.04. The van der Waals surface area contributed by atoms with Crippen molar-refractivity contribution < 1.29 is 32.3 Å². The molecule has 24 heavy (non-hydrogen) atoms. The van der Waals surface area contributed by atoms with Crippen molar-refractivity contribution in [2.75, 3.05) is 33.9 Å². The molecule has 2 rings (SSSR count). The first-order chi connectivity index (χ1) is 11.2. The fraction of sp³-hybridized carbons (Fsp3) is 0.571. The van der Waals surface area contributed by atoms with Crippen molar-refractivity contribution in [2.24, 2.45) is 5.41 Å². The molecule has 1 aromatic heterocycles. The monoisotopic (exact) mass is 360 g/mol. The van der Waals surface area contributed by atoms with Crippen LogP contribution in [-0.2, 0) is 19.6 Å². The van der Waals surface area contributed by atoms with E-state index in [2.05, 4.69) is 5.32 Å². The summed E-state index contributed by atoms with van der Waals surface area (Å²) in [5.74, 6) is -1.85. The normalized spacial score (nSPS) is 17.6. The molecular formula is C14H20N2O7S. The molecule has 1 aliphatic heterocycles. The highest BCUT2D eigenvalue weighted by Gasteiger charge is 2.40. The number of amides is 1. The van der Waals surface area contributed by atoms with Gasteiger partial charge in [-0.1, -0.05) is 0 Å². The molecule has 1 aromatic rings. The molecule has 0 saturated carbocycles. The number of ether oxygens (including phenoxy) is 1. The number of carboxylic acids is 1. The van der Waals surface area contributed by atoms with Crippen LogP contribution in [-0.4, -0.2) is 63.6 Å². The van der Waals surface area contributed by atoms with Crippen LogP contribution < -0.4 is 5.32 Å². The minimum absolute atomic E-state index is 0.0824. The minimum Gasteiger partial charge on any atom is -0.481 e. The van der Waals surface area contributed by atoms with Crippen molar-refractivity contribution >= 4 is 21.9 Å². The topological polar surface area (TPSA) is 126 Å². The third-order valence-corrected chi connectivity index (χ3v) is 5.72. The molecule has 0 unspecified atom stereocenters. The molecule has 9 nitrogen and oxygen atoms in total. The average molecular weight is 360 g/mol. The van der Waals surface area contributed by atoms with Gasteiger partial charge in [-0.25, -0.2) is 12.7 Å². The van der Waals surface area contributed by atoms with E-state index in [4.69, 9.17) is 9.15 Å². The van der Waals surface area contributed by atoms with E-state index in [-0.39, 0.29) is 17.4 Å². The molecule has 0 radical (unpaired) electrons. The summed E-state index contributed by atoms with van der Waals surface area (Å²) in [4.78, 5) is 23.6. The van der Waals surface area contributed by atoms with Gasteiger partial charge in [0, 0.05) is 33.9 Å². The predicted octanol–water partition coefficient (Wildman–Crippen LogP) is 0.141. The van der Waals surface area contributed by atoms with Crippen molar-refractivity contribution in [3.63, 3.8) is 0 Å². The second-order valence-electron chi connectivity index (χ2n) is 5.79. The fourth-order valence-corrected chi connectivity index (χ4v) is 3.12. The quantitative estimate of drug-likeness (QED) is 0.739. The van der Waals surface area contributed by atoms with Gasteiger partial charge in [-0.15, -0.1) is 0 Å². The number of nitrogens with zero attached hydrogens (tertiary/aromatic N) is 1. The lowest BCUT2D eigenvalue weighted by atomic mass is 9.80. The van der Waals surface area contributed by atoms with Crippen LogP contribution in [0.3, 0.4) is 0 Å². The van der Waals surface area contributed by atoms with Crippen LogP contribution in [0.2, 0.25) is 0 Å². The van der Waals surface area contributed by atoms with Gasteiger partial charge in [-0.2, -0.15) is 0 Å². The second-order valence-corrected chi connectivity index (χ2v) is 7.87. The van der Waals surface area contributed by atoms with E-state index in [1.165, 1.54) is 26.2 Å². The lowest BCUT2D eigenvalue weighted by molar-refractivity contribution is -0.154. The number of carboxylic acid groups (broad SMARTS) is 1. The molecule has 0 atom stereocenters. The molecule has 0 aliphatic carbocycles. The number of carbonyl (C=O) groups excluding carboxylic acids is 1. The number of furan rings is 1. The Balaban J connectivity index is 2.08. The summed E-state index contributed by atoms with van der Waals surface area (Å²) in [6.45, 7) is 0.545. The predicted molar refractivity (Wildman–Crippen MR) is 82.0 cm³/mol. The largest absolute Gasteiger partial charge is 0.481 e. The van der Waals surface area contributed by atoms with E-state index in [0.29, 0.717) is 26.1 Å². The first kappa shape index (κ1) is 18.4. The first-order valence-corrected chi connectivity index (χ1v) is 8.75. The lowest BCUT2D eigenvalue weighted by Gasteiger charge is -2.32. The van der Waals surface area contributed by atoms with Crippen LogP contribution in [0, 0.1) is 5.41 Å². The zero-order valence-electron chi connectivity index (χ0n) is 13.4. The molecule has 134 valence electrons. The summed E-state index contributed by atoms with van der Waals surface area (Å²) >= 11 is 0. The van der Waals surface area contributed by atoms with Crippen molar-refractivity contribution in [1.29, 1.82) is 0 Å². The zero-order chi connectivity index (χ0) is 18.0. The fourth-order valence-electron chi connectivity index (χ4n) is 2.33. The highest BCUT2D eigenvalue weighted by atomic mass is 32.2. The maximum absolute atomic E-state index is 12.1. The van der Waals surface area contributed by atoms with Gasteiger partial charge in [-0.05, 0) is 25.0 Å². The third kappa shape index (κ3) is 3.60. The van der Waals surface area contributed by atoms with E-state index in [1.807, 2.05) is 0 Å². The van der Waals surface area contributed by atoms with Crippen molar-refractivity contribution in [1.82, 2.24) is 9.62 Å². The van der Waals surface area contributed by atoms with E-state index in [0.717, 1.165) is 4.31 Å². The molecule has 0 aromatic carbocycles. The molecule has 2 N–H and O–H groups in total. The number of hydrogen-bond acceptors (Lipinski definition) is 6. The highest BCUT2D eigenvalue weighted by molar-refractivity contribution is 7.88. The molecule has 1 amide bonds. The van der Waals surface area contributed by atoms with E-state index < -0.39 is 27.3 Å². The molecule has 10 heteroatoms.